The summed E-state index contributed by atoms with van der Waals surface area (Å²) in [5, 5.41) is 0. The van der Waals surface area contributed by atoms with Crippen LogP contribution in [0.1, 0.15) is 11.0 Å². The van der Waals surface area contributed by atoms with Crippen molar-refractivity contribution in [2.75, 3.05) is 0 Å². The van der Waals surface area contributed by atoms with Gasteiger partial charge in [0.1, 0.15) is 5.75 Å². The van der Waals surface area contributed by atoms with Crippen molar-refractivity contribution in [3.63, 3.8) is 0 Å². The Morgan fingerprint density at radius 3 is 1.93 bits per heavy atom. The van der Waals surface area contributed by atoms with Crippen LogP contribution in [0.3, 0.4) is 0 Å². The Kier molecular flexibility index (Phi) is 3.30. The maximum Gasteiger partial charge on any atom is 0.167 e. The first kappa shape index (κ1) is 10.1. The molecule has 0 radical (unpaired) electrons. The van der Waals surface area contributed by atoms with Crippen LogP contribution in [0.25, 0.3) is 0 Å². The van der Waals surface area contributed by atoms with Crippen molar-refractivity contribution in [3.05, 3.63) is 66.2 Å². The highest BCUT2D eigenvalue weighted by Crippen LogP contribution is 2.24. The first-order valence-electron chi connectivity index (χ1n) is 4.81. The van der Waals surface area contributed by atoms with E-state index in [0.717, 1.165) is 11.3 Å². The van der Waals surface area contributed by atoms with E-state index in [0.29, 0.717) is 0 Å². The standard InChI is InChI=1S/C13H12OS/c15-13(11-7-3-1-4-8-11)14-12-9-5-2-6-10-12/h1-10,13,15H. The van der Waals surface area contributed by atoms with Crippen molar-refractivity contribution < 1.29 is 4.74 Å². The van der Waals surface area contributed by atoms with E-state index >= 15 is 0 Å². The quantitative estimate of drug-likeness (QED) is 0.608. The molecule has 2 rings (SSSR count). The van der Waals surface area contributed by atoms with Crippen LogP contribution in [0.4, 0.5) is 0 Å². The molecular weight excluding hydrogens is 204 g/mol. The molecular formula is C13H12OS. The molecule has 15 heavy (non-hydrogen) atoms. The summed E-state index contributed by atoms with van der Waals surface area (Å²) in [4.78, 5) is 0. The molecule has 0 saturated carbocycles. The molecule has 0 bridgehead atoms. The van der Waals surface area contributed by atoms with Crippen LogP contribution in [0, 0.1) is 0 Å². The van der Waals surface area contributed by atoms with E-state index in [9.17, 15) is 0 Å². The van der Waals surface area contributed by atoms with Crippen LogP contribution < -0.4 is 4.74 Å². The minimum absolute atomic E-state index is 0.214. The van der Waals surface area contributed by atoms with E-state index in [-0.39, 0.29) is 5.44 Å². The van der Waals surface area contributed by atoms with E-state index in [2.05, 4.69) is 12.6 Å². The smallest absolute Gasteiger partial charge is 0.167 e. The molecule has 0 saturated heterocycles. The SMILES string of the molecule is SC(Oc1ccccc1)c1ccccc1. The van der Waals surface area contributed by atoms with Gasteiger partial charge in [-0.15, -0.1) is 12.6 Å². The van der Waals surface area contributed by atoms with Gasteiger partial charge in [0.05, 0.1) is 0 Å². The van der Waals surface area contributed by atoms with E-state index in [4.69, 9.17) is 4.74 Å². The van der Waals surface area contributed by atoms with Crippen molar-refractivity contribution in [3.8, 4) is 5.75 Å². The third kappa shape index (κ3) is 2.77. The lowest BCUT2D eigenvalue weighted by Gasteiger charge is -2.13. The van der Waals surface area contributed by atoms with Crippen LogP contribution in [0.2, 0.25) is 0 Å². The molecule has 2 heteroatoms. The van der Waals surface area contributed by atoms with Gasteiger partial charge in [0, 0.05) is 5.56 Å². The van der Waals surface area contributed by atoms with Crippen LogP contribution in [-0.2, 0) is 0 Å². The lowest BCUT2D eigenvalue weighted by atomic mass is 10.2. The lowest BCUT2D eigenvalue weighted by molar-refractivity contribution is 0.297. The van der Waals surface area contributed by atoms with Crippen LogP contribution in [-0.4, -0.2) is 0 Å². The molecule has 0 spiro atoms. The van der Waals surface area contributed by atoms with Gasteiger partial charge in [-0.05, 0) is 12.1 Å². The highest BCUT2D eigenvalue weighted by molar-refractivity contribution is 7.80. The Balaban J connectivity index is 2.08. The molecule has 0 fully saturated rings. The van der Waals surface area contributed by atoms with Gasteiger partial charge in [0.25, 0.3) is 0 Å². The molecule has 0 aliphatic rings. The summed E-state index contributed by atoms with van der Waals surface area (Å²) >= 11 is 4.41. The molecule has 0 aromatic heterocycles. The molecule has 1 unspecified atom stereocenters. The minimum Gasteiger partial charge on any atom is -0.475 e. The number of benzene rings is 2. The first-order chi connectivity index (χ1) is 7.36. The Bertz CT molecular complexity index is 399. The van der Waals surface area contributed by atoms with Gasteiger partial charge < -0.3 is 4.74 Å². The van der Waals surface area contributed by atoms with Crippen LogP contribution in [0.15, 0.2) is 60.7 Å². The topological polar surface area (TPSA) is 9.23 Å². The molecule has 0 aliphatic carbocycles. The van der Waals surface area contributed by atoms with Crippen molar-refractivity contribution in [2.24, 2.45) is 0 Å². The molecule has 0 amide bonds. The van der Waals surface area contributed by atoms with Crippen molar-refractivity contribution in [1.29, 1.82) is 0 Å². The van der Waals surface area contributed by atoms with Gasteiger partial charge in [-0.25, -0.2) is 0 Å². The van der Waals surface area contributed by atoms with Gasteiger partial charge in [-0.1, -0.05) is 48.5 Å². The number of hydrogen-bond donors (Lipinski definition) is 1. The van der Waals surface area contributed by atoms with Gasteiger partial charge >= 0.3 is 0 Å². The summed E-state index contributed by atoms with van der Waals surface area (Å²) in [5.74, 6) is 0.835. The fraction of sp³-hybridized carbons (Fsp3) is 0.0769. The fourth-order valence-electron chi connectivity index (χ4n) is 1.31. The zero-order valence-electron chi connectivity index (χ0n) is 8.21. The van der Waals surface area contributed by atoms with Gasteiger partial charge in [0.2, 0.25) is 0 Å². The van der Waals surface area contributed by atoms with E-state index < -0.39 is 0 Å². The maximum atomic E-state index is 5.66. The lowest BCUT2D eigenvalue weighted by Crippen LogP contribution is -1.99. The molecule has 1 atom stereocenters. The first-order valence-corrected chi connectivity index (χ1v) is 5.32. The predicted octanol–water partition coefficient (Wildman–Crippen LogP) is 3.69. The van der Waals surface area contributed by atoms with E-state index in [1.165, 1.54) is 0 Å². The monoisotopic (exact) mass is 216 g/mol. The number of ether oxygens (including phenoxy) is 1. The number of rotatable bonds is 3. The van der Waals surface area contributed by atoms with Gasteiger partial charge in [-0.3, -0.25) is 0 Å². The third-order valence-electron chi connectivity index (χ3n) is 2.08. The average Bonchev–Trinajstić information content (AvgIpc) is 2.31. The van der Waals surface area contributed by atoms with E-state index in [1.807, 2.05) is 60.7 Å². The second-order valence-electron chi connectivity index (χ2n) is 3.19. The highest BCUT2D eigenvalue weighted by atomic mass is 32.1. The van der Waals surface area contributed by atoms with E-state index in [1.54, 1.807) is 0 Å². The Labute approximate surface area is 95.1 Å². The van der Waals surface area contributed by atoms with Crippen LogP contribution in [0.5, 0.6) is 5.75 Å². The fourth-order valence-corrected chi connectivity index (χ4v) is 1.61. The highest BCUT2D eigenvalue weighted by Gasteiger charge is 2.06. The normalized spacial score (nSPS) is 12.1. The zero-order valence-corrected chi connectivity index (χ0v) is 9.10. The molecule has 0 heterocycles. The summed E-state index contributed by atoms with van der Waals surface area (Å²) in [6.07, 6.45) is 0. The predicted molar refractivity (Wildman–Crippen MR) is 65.2 cm³/mol. The largest absolute Gasteiger partial charge is 0.475 e. The van der Waals surface area contributed by atoms with Gasteiger partial charge in [-0.2, -0.15) is 0 Å². The third-order valence-corrected chi connectivity index (χ3v) is 2.48. The summed E-state index contributed by atoms with van der Waals surface area (Å²) < 4.78 is 5.66. The molecule has 0 aliphatic heterocycles. The summed E-state index contributed by atoms with van der Waals surface area (Å²) in [5.41, 5.74) is 0.846. The molecule has 1 nitrogen and oxygen atoms in total. The summed E-state index contributed by atoms with van der Waals surface area (Å²) in [6, 6.07) is 19.6. The maximum absolute atomic E-state index is 5.66. The minimum atomic E-state index is -0.214. The zero-order chi connectivity index (χ0) is 10.5. The molecule has 2 aromatic rings. The molecule has 2 aromatic carbocycles. The summed E-state index contributed by atoms with van der Waals surface area (Å²) in [6.45, 7) is 0. The molecule has 0 N–H and O–H groups in total. The van der Waals surface area contributed by atoms with Crippen molar-refractivity contribution >= 4 is 12.6 Å². The number of para-hydroxylation sites is 1. The second kappa shape index (κ2) is 4.89. The van der Waals surface area contributed by atoms with Crippen molar-refractivity contribution in [2.45, 2.75) is 5.44 Å². The Morgan fingerprint density at radius 2 is 1.33 bits per heavy atom. The second-order valence-corrected chi connectivity index (χ2v) is 3.66. The Morgan fingerprint density at radius 1 is 0.800 bits per heavy atom. The Hall–Kier alpha value is -1.41. The number of hydrogen-bond acceptors (Lipinski definition) is 2. The van der Waals surface area contributed by atoms with Crippen molar-refractivity contribution in [1.82, 2.24) is 0 Å². The van der Waals surface area contributed by atoms with Gasteiger partial charge in [0.15, 0.2) is 5.44 Å². The van der Waals surface area contributed by atoms with Crippen LogP contribution >= 0.6 is 12.6 Å². The average molecular weight is 216 g/mol. The number of thiol groups is 1. The summed E-state index contributed by atoms with van der Waals surface area (Å²) in [7, 11) is 0. The molecule has 76 valence electrons.